The van der Waals surface area contributed by atoms with Gasteiger partial charge in [0.1, 0.15) is 5.82 Å². The van der Waals surface area contributed by atoms with Crippen LogP contribution in [0.25, 0.3) is 5.69 Å². The van der Waals surface area contributed by atoms with Gasteiger partial charge in [-0.1, -0.05) is 18.2 Å². The number of carbonyl (C=O) groups is 1. The van der Waals surface area contributed by atoms with Gasteiger partial charge in [0.05, 0.1) is 11.3 Å². The van der Waals surface area contributed by atoms with Gasteiger partial charge >= 0.3 is 0 Å². The zero-order valence-electron chi connectivity index (χ0n) is 14.3. The molecule has 128 valence electrons. The largest absolute Gasteiger partial charge is 0.352 e. The highest BCUT2D eigenvalue weighted by Crippen LogP contribution is 2.22. The van der Waals surface area contributed by atoms with E-state index < -0.39 is 0 Å². The van der Waals surface area contributed by atoms with Crippen molar-refractivity contribution in [1.29, 1.82) is 0 Å². The number of hydrogen-bond donors (Lipinski definition) is 1. The smallest absolute Gasteiger partial charge is 0.253 e. The van der Waals surface area contributed by atoms with E-state index in [1.165, 1.54) is 6.07 Å². The number of benzene rings is 1. The first-order valence-corrected chi connectivity index (χ1v) is 8.19. The van der Waals surface area contributed by atoms with Gasteiger partial charge in [0.25, 0.3) is 5.91 Å². The van der Waals surface area contributed by atoms with Gasteiger partial charge in [0.2, 0.25) is 0 Å². The van der Waals surface area contributed by atoms with Crippen LogP contribution in [-0.2, 0) is 6.42 Å². The number of hydrogen-bond acceptors (Lipinski definition) is 2. The molecule has 25 heavy (non-hydrogen) atoms. The van der Waals surface area contributed by atoms with Gasteiger partial charge in [0.15, 0.2) is 0 Å². The van der Waals surface area contributed by atoms with Gasteiger partial charge < -0.3 is 9.88 Å². The average Bonchev–Trinajstić information content (AvgIpc) is 2.91. The predicted octanol–water partition coefficient (Wildman–Crippen LogP) is 3.60. The second kappa shape index (κ2) is 7.30. The zero-order valence-corrected chi connectivity index (χ0v) is 14.3. The number of nitrogens with zero attached hydrogens (tertiary/aromatic N) is 2. The SMILES string of the molecule is Cc1cc(C(=O)NCCc2cccnc2)c(C)n1-c1ccccc1F. The Morgan fingerprint density at radius 1 is 1.20 bits per heavy atom. The maximum absolute atomic E-state index is 14.1. The van der Waals surface area contributed by atoms with Crippen molar-refractivity contribution in [3.05, 3.63) is 83.2 Å². The van der Waals surface area contributed by atoms with Crippen molar-refractivity contribution in [3.8, 4) is 5.69 Å². The third kappa shape index (κ3) is 3.60. The Kier molecular flexibility index (Phi) is 4.93. The Morgan fingerprint density at radius 2 is 2.00 bits per heavy atom. The molecule has 0 aliphatic rings. The van der Waals surface area contributed by atoms with Crippen LogP contribution in [0, 0.1) is 19.7 Å². The molecular formula is C20H20FN3O. The lowest BCUT2D eigenvalue weighted by Gasteiger charge is -2.11. The molecule has 2 aromatic heterocycles. The molecule has 0 atom stereocenters. The van der Waals surface area contributed by atoms with E-state index in [1.807, 2.05) is 26.0 Å². The zero-order chi connectivity index (χ0) is 17.8. The molecule has 0 radical (unpaired) electrons. The highest BCUT2D eigenvalue weighted by molar-refractivity contribution is 5.95. The van der Waals surface area contributed by atoms with Crippen LogP contribution in [0.1, 0.15) is 27.3 Å². The number of carbonyl (C=O) groups excluding carboxylic acids is 1. The third-order valence-corrected chi connectivity index (χ3v) is 4.19. The Hall–Kier alpha value is -2.95. The van der Waals surface area contributed by atoms with E-state index in [0.29, 0.717) is 24.2 Å². The summed E-state index contributed by atoms with van der Waals surface area (Å²) < 4.78 is 15.9. The molecule has 0 saturated heterocycles. The molecule has 2 heterocycles. The van der Waals surface area contributed by atoms with Crippen LogP contribution >= 0.6 is 0 Å². The van der Waals surface area contributed by atoms with Crippen LogP contribution in [0.4, 0.5) is 4.39 Å². The van der Waals surface area contributed by atoms with Gasteiger partial charge in [-0.25, -0.2) is 4.39 Å². The van der Waals surface area contributed by atoms with Crippen molar-refractivity contribution in [2.24, 2.45) is 0 Å². The van der Waals surface area contributed by atoms with Crippen molar-refractivity contribution in [1.82, 2.24) is 14.9 Å². The minimum absolute atomic E-state index is 0.153. The summed E-state index contributed by atoms with van der Waals surface area (Å²) >= 11 is 0. The summed E-state index contributed by atoms with van der Waals surface area (Å²) in [6.07, 6.45) is 4.22. The van der Waals surface area contributed by atoms with E-state index >= 15 is 0 Å². The topological polar surface area (TPSA) is 46.9 Å². The Bertz CT molecular complexity index is 887. The van der Waals surface area contributed by atoms with Crippen molar-refractivity contribution in [2.75, 3.05) is 6.54 Å². The van der Waals surface area contributed by atoms with Crippen LogP contribution in [0.2, 0.25) is 0 Å². The molecular weight excluding hydrogens is 317 g/mol. The highest BCUT2D eigenvalue weighted by atomic mass is 19.1. The van der Waals surface area contributed by atoms with Gasteiger partial charge in [-0.2, -0.15) is 0 Å². The first-order valence-electron chi connectivity index (χ1n) is 8.19. The first kappa shape index (κ1) is 16.9. The molecule has 3 rings (SSSR count). The standard InChI is InChI=1S/C20H20FN3O/c1-14-12-17(15(2)24(14)19-8-4-3-7-18(19)21)20(25)23-11-9-16-6-5-10-22-13-16/h3-8,10,12-13H,9,11H2,1-2H3,(H,23,25). The lowest BCUT2D eigenvalue weighted by Crippen LogP contribution is -2.26. The molecule has 0 aliphatic heterocycles. The van der Waals surface area contributed by atoms with Crippen LogP contribution < -0.4 is 5.32 Å². The number of halogens is 1. The second-order valence-corrected chi connectivity index (χ2v) is 5.94. The number of para-hydroxylation sites is 1. The number of rotatable bonds is 5. The molecule has 1 aromatic carbocycles. The van der Waals surface area contributed by atoms with Gasteiger partial charge in [-0.15, -0.1) is 0 Å². The Morgan fingerprint density at radius 3 is 2.72 bits per heavy atom. The summed E-state index contributed by atoms with van der Waals surface area (Å²) in [6, 6.07) is 12.2. The molecule has 0 aliphatic carbocycles. The molecule has 0 fully saturated rings. The fraction of sp³-hybridized carbons (Fsp3) is 0.200. The Labute approximate surface area is 146 Å². The summed E-state index contributed by atoms with van der Waals surface area (Å²) in [5.41, 5.74) is 3.62. The molecule has 4 nitrogen and oxygen atoms in total. The van der Waals surface area contributed by atoms with Crippen LogP contribution in [0.3, 0.4) is 0 Å². The molecule has 0 bridgehead atoms. The molecule has 1 amide bonds. The quantitative estimate of drug-likeness (QED) is 0.773. The molecule has 1 N–H and O–H groups in total. The van der Waals surface area contributed by atoms with Crippen molar-refractivity contribution >= 4 is 5.91 Å². The molecule has 5 heteroatoms. The number of amides is 1. The number of aromatic nitrogens is 2. The minimum Gasteiger partial charge on any atom is -0.352 e. The number of aryl methyl sites for hydroxylation is 1. The van der Waals surface area contributed by atoms with Gasteiger partial charge in [-0.3, -0.25) is 9.78 Å². The van der Waals surface area contributed by atoms with Crippen LogP contribution in [0.5, 0.6) is 0 Å². The normalized spacial score (nSPS) is 10.7. The molecule has 0 saturated carbocycles. The second-order valence-electron chi connectivity index (χ2n) is 5.94. The fourth-order valence-electron chi connectivity index (χ4n) is 2.96. The van der Waals surface area contributed by atoms with Crippen LogP contribution in [0.15, 0.2) is 54.9 Å². The number of pyridine rings is 1. The average molecular weight is 337 g/mol. The maximum atomic E-state index is 14.1. The van der Waals surface area contributed by atoms with Gasteiger partial charge in [0, 0.05) is 30.3 Å². The summed E-state index contributed by atoms with van der Waals surface area (Å²) in [5.74, 6) is -0.465. The van der Waals surface area contributed by atoms with E-state index in [2.05, 4.69) is 10.3 Å². The highest BCUT2D eigenvalue weighted by Gasteiger charge is 2.17. The van der Waals surface area contributed by atoms with E-state index in [9.17, 15) is 9.18 Å². The fourth-order valence-corrected chi connectivity index (χ4v) is 2.96. The summed E-state index contributed by atoms with van der Waals surface area (Å²) in [6.45, 7) is 4.22. The summed E-state index contributed by atoms with van der Waals surface area (Å²) in [4.78, 5) is 16.6. The van der Waals surface area contributed by atoms with E-state index in [0.717, 1.165) is 17.0 Å². The van der Waals surface area contributed by atoms with E-state index in [1.54, 1.807) is 41.2 Å². The van der Waals surface area contributed by atoms with Crippen molar-refractivity contribution in [2.45, 2.75) is 20.3 Å². The first-order chi connectivity index (χ1) is 12.1. The maximum Gasteiger partial charge on any atom is 0.253 e. The van der Waals surface area contributed by atoms with E-state index in [4.69, 9.17) is 0 Å². The lowest BCUT2D eigenvalue weighted by atomic mass is 10.2. The summed E-state index contributed by atoms with van der Waals surface area (Å²) in [5, 5.41) is 2.92. The number of nitrogens with one attached hydrogen (secondary N) is 1. The van der Waals surface area contributed by atoms with Gasteiger partial charge in [-0.05, 0) is 50.1 Å². The third-order valence-electron chi connectivity index (χ3n) is 4.19. The molecule has 0 spiro atoms. The van der Waals surface area contributed by atoms with E-state index in [-0.39, 0.29) is 11.7 Å². The molecule has 3 aromatic rings. The lowest BCUT2D eigenvalue weighted by molar-refractivity contribution is 0.0953. The molecule has 0 unspecified atom stereocenters. The predicted molar refractivity (Wildman–Crippen MR) is 95.5 cm³/mol. The van der Waals surface area contributed by atoms with Crippen molar-refractivity contribution in [3.63, 3.8) is 0 Å². The monoisotopic (exact) mass is 337 g/mol. The van der Waals surface area contributed by atoms with Crippen LogP contribution in [-0.4, -0.2) is 22.0 Å². The summed E-state index contributed by atoms with van der Waals surface area (Å²) in [7, 11) is 0. The van der Waals surface area contributed by atoms with Crippen molar-refractivity contribution < 1.29 is 9.18 Å². The minimum atomic E-state index is -0.312. The Balaban J connectivity index is 1.76.